The van der Waals surface area contributed by atoms with E-state index in [1.165, 1.54) is 6.42 Å². The van der Waals surface area contributed by atoms with Gasteiger partial charge in [-0.25, -0.2) is 0 Å². The van der Waals surface area contributed by atoms with Gasteiger partial charge in [0.25, 0.3) is 0 Å². The maximum Gasteiger partial charge on any atom is 0.233 e. The number of carbonyl (C=O) groups is 1. The average molecular weight is 291 g/mol. The molecule has 0 aliphatic heterocycles. The lowest BCUT2D eigenvalue weighted by atomic mass is 9.80. The topological polar surface area (TPSA) is 29.1 Å². The highest BCUT2D eigenvalue weighted by Gasteiger charge is 2.26. The smallest absolute Gasteiger partial charge is 0.233 e. The molecule has 0 saturated heterocycles. The first-order valence-electron chi connectivity index (χ1n) is 7.57. The van der Waals surface area contributed by atoms with Crippen LogP contribution in [0.25, 0.3) is 0 Å². The molecule has 0 heterocycles. The SMILES string of the molecule is CC1CC(C)CC(NC(=O)C(S)Cc2ccccc2)C1. The normalized spacial score (nSPS) is 27.9. The minimum absolute atomic E-state index is 0.0727. The van der Waals surface area contributed by atoms with Crippen LogP contribution in [-0.2, 0) is 11.2 Å². The number of hydrogen-bond acceptors (Lipinski definition) is 2. The molecule has 1 aromatic carbocycles. The first-order chi connectivity index (χ1) is 9.54. The molecule has 3 heteroatoms. The van der Waals surface area contributed by atoms with Crippen molar-refractivity contribution in [2.75, 3.05) is 0 Å². The van der Waals surface area contributed by atoms with E-state index in [0.29, 0.717) is 24.3 Å². The van der Waals surface area contributed by atoms with Gasteiger partial charge in [0.2, 0.25) is 5.91 Å². The van der Waals surface area contributed by atoms with E-state index in [9.17, 15) is 4.79 Å². The molecule has 0 spiro atoms. The summed E-state index contributed by atoms with van der Waals surface area (Å²) in [5.74, 6) is 1.48. The maximum atomic E-state index is 12.2. The van der Waals surface area contributed by atoms with Crippen LogP contribution in [0.3, 0.4) is 0 Å². The third kappa shape index (κ3) is 4.55. The standard InChI is InChI=1S/C17H25NOS/c1-12-8-13(2)10-15(9-12)18-17(19)16(20)11-14-6-4-3-5-7-14/h3-7,12-13,15-16,20H,8-11H2,1-2H3,(H,18,19). The Hall–Kier alpha value is -0.960. The van der Waals surface area contributed by atoms with Crippen molar-refractivity contribution in [1.82, 2.24) is 5.32 Å². The van der Waals surface area contributed by atoms with E-state index in [1.54, 1.807) is 0 Å². The van der Waals surface area contributed by atoms with Crippen LogP contribution >= 0.6 is 12.6 Å². The maximum absolute atomic E-state index is 12.2. The van der Waals surface area contributed by atoms with Crippen LogP contribution < -0.4 is 5.32 Å². The number of thiol groups is 1. The number of hydrogen-bond donors (Lipinski definition) is 2. The van der Waals surface area contributed by atoms with Gasteiger partial charge in [-0.15, -0.1) is 0 Å². The van der Waals surface area contributed by atoms with E-state index >= 15 is 0 Å². The Labute approximate surface area is 127 Å². The Balaban J connectivity index is 1.84. The Morgan fingerprint density at radius 1 is 1.20 bits per heavy atom. The van der Waals surface area contributed by atoms with Crippen molar-refractivity contribution in [3.63, 3.8) is 0 Å². The number of nitrogens with one attached hydrogen (secondary N) is 1. The van der Waals surface area contributed by atoms with Crippen molar-refractivity contribution in [2.45, 2.75) is 50.8 Å². The largest absolute Gasteiger partial charge is 0.352 e. The van der Waals surface area contributed by atoms with Gasteiger partial charge in [0, 0.05) is 6.04 Å². The van der Waals surface area contributed by atoms with E-state index < -0.39 is 0 Å². The predicted octanol–water partition coefficient (Wildman–Crippen LogP) is 3.47. The van der Waals surface area contributed by atoms with Crippen molar-refractivity contribution in [1.29, 1.82) is 0 Å². The summed E-state index contributed by atoms with van der Waals surface area (Å²) >= 11 is 4.47. The summed E-state index contributed by atoms with van der Waals surface area (Å²) in [6, 6.07) is 10.4. The van der Waals surface area contributed by atoms with Crippen molar-refractivity contribution in [3.8, 4) is 0 Å². The predicted molar refractivity (Wildman–Crippen MR) is 87.0 cm³/mol. The van der Waals surface area contributed by atoms with Crippen LogP contribution in [0.4, 0.5) is 0 Å². The van der Waals surface area contributed by atoms with Gasteiger partial charge in [-0.2, -0.15) is 12.6 Å². The summed E-state index contributed by atoms with van der Waals surface area (Å²) in [6.45, 7) is 4.55. The lowest BCUT2D eigenvalue weighted by molar-refractivity contribution is -0.121. The zero-order valence-corrected chi connectivity index (χ0v) is 13.3. The number of carbonyl (C=O) groups excluding carboxylic acids is 1. The minimum Gasteiger partial charge on any atom is -0.352 e. The quantitative estimate of drug-likeness (QED) is 0.817. The van der Waals surface area contributed by atoms with Gasteiger partial charge in [0.15, 0.2) is 0 Å². The summed E-state index contributed by atoms with van der Waals surface area (Å²) in [5.41, 5.74) is 1.16. The molecule has 1 aromatic rings. The number of rotatable bonds is 4. The van der Waals surface area contributed by atoms with Crippen molar-refractivity contribution < 1.29 is 4.79 Å². The van der Waals surface area contributed by atoms with E-state index in [2.05, 4.69) is 31.8 Å². The highest BCUT2D eigenvalue weighted by Crippen LogP contribution is 2.28. The Kier molecular flexibility index (Phi) is 5.53. The van der Waals surface area contributed by atoms with E-state index in [0.717, 1.165) is 18.4 Å². The molecule has 2 nitrogen and oxygen atoms in total. The lowest BCUT2D eigenvalue weighted by Crippen LogP contribution is -2.43. The molecule has 3 unspecified atom stereocenters. The second-order valence-electron chi connectivity index (χ2n) is 6.33. The lowest BCUT2D eigenvalue weighted by Gasteiger charge is -2.32. The molecule has 0 aromatic heterocycles. The first kappa shape index (κ1) is 15.4. The fraction of sp³-hybridized carbons (Fsp3) is 0.588. The van der Waals surface area contributed by atoms with Crippen LogP contribution in [0.5, 0.6) is 0 Å². The molecule has 20 heavy (non-hydrogen) atoms. The molecule has 1 fully saturated rings. The van der Waals surface area contributed by atoms with Crippen LogP contribution in [0.15, 0.2) is 30.3 Å². The van der Waals surface area contributed by atoms with Gasteiger partial charge in [-0.3, -0.25) is 4.79 Å². The number of benzene rings is 1. The fourth-order valence-corrected chi connectivity index (χ4v) is 3.58. The van der Waals surface area contributed by atoms with Gasteiger partial charge in [-0.1, -0.05) is 44.2 Å². The van der Waals surface area contributed by atoms with E-state index in [-0.39, 0.29) is 11.2 Å². The molecule has 1 N–H and O–H groups in total. The third-order valence-electron chi connectivity index (χ3n) is 4.10. The molecule has 2 rings (SSSR count). The molecule has 110 valence electrons. The molecule has 0 bridgehead atoms. The zero-order chi connectivity index (χ0) is 14.5. The van der Waals surface area contributed by atoms with Crippen LogP contribution in [0, 0.1) is 11.8 Å². The average Bonchev–Trinajstić information content (AvgIpc) is 2.38. The highest BCUT2D eigenvalue weighted by molar-refractivity contribution is 7.81. The highest BCUT2D eigenvalue weighted by atomic mass is 32.1. The molecule has 1 amide bonds. The van der Waals surface area contributed by atoms with Crippen molar-refractivity contribution in [2.24, 2.45) is 11.8 Å². The second kappa shape index (κ2) is 7.16. The molecule has 1 aliphatic rings. The van der Waals surface area contributed by atoms with Crippen molar-refractivity contribution in [3.05, 3.63) is 35.9 Å². The molecule has 1 saturated carbocycles. The fourth-order valence-electron chi connectivity index (χ4n) is 3.29. The molecular formula is C17H25NOS. The Morgan fingerprint density at radius 2 is 1.80 bits per heavy atom. The van der Waals surface area contributed by atoms with Gasteiger partial charge < -0.3 is 5.32 Å². The summed E-state index contributed by atoms with van der Waals surface area (Å²) < 4.78 is 0. The summed E-state index contributed by atoms with van der Waals surface area (Å²) in [7, 11) is 0. The van der Waals surface area contributed by atoms with Gasteiger partial charge in [-0.05, 0) is 43.1 Å². The van der Waals surface area contributed by atoms with E-state index in [1.807, 2.05) is 30.3 Å². The molecular weight excluding hydrogens is 266 g/mol. The first-order valence-corrected chi connectivity index (χ1v) is 8.08. The van der Waals surface area contributed by atoms with Crippen LogP contribution in [0.2, 0.25) is 0 Å². The van der Waals surface area contributed by atoms with Crippen LogP contribution in [-0.4, -0.2) is 17.2 Å². The van der Waals surface area contributed by atoms with Crippen LogP contribution in [0.1, 0.15) is 38.7 Å². The van der Waals surface area contributed by atoms with Crippen molar-refractivity contribution >= 4 is 18.5 Å². The summed E-state index contributed by atoms with van der Waals surface area (Å²) in [6.07, 6.45) is 4.16. The zero-order valence-electron chi connectivity index (χ0n) is 12.4. The van der Waals surface area contributed by atoms with Gasteiger partial charge >= 0.3 is 0 Å². The monoisotopic (exact) mass is 291 g/mol. The van der Waals surface area contributed by atoms with Gasteiger partial charge in [0.1, 0.15) is 0 Å². The third-order valence-corrected chi connectivity index (χ3v) is 4.52. The van der Waals surface area contributed by atoms with Gasteiger partial charge in [0.05, 0.1) is 5.25 Å². The summed E-state index contributed by atoms with van der Waals surface area (Å²) in [5, 5.41) is 2.93. The minimum atomic E-state index is -0.259. The Bertz CT molecular complexity index is 424. The van der Waals surface area contributed by atoms with E-state index in [4.69, 9.17) is 0 Å². The number of amides is 1. The summed E-state index contributed by atoms with van der Waals surface area (Å²) in [4.78, 5) is 12.2. The second-order valence-corrected chi connectivity index (χ2v) is 6.95. The molecule has 0 radical (unpaired) electrons. The Morgan fingerprint density at radius 3 is 2.40 bits per heavy atom. The molecule has 1 aliphatic carbocycles. The molecule has 3 atom stereocenters.